The first-order valence-electron chi connectivity index (χ1n) is 7.02. The number of carboxylic acids is 1. The van der Waals surface area contributed by atoms with Crippen LogP contribution in [0.4, 0.5) is 0 Å². The molecule has 0 saturated heterocycles. The monoisotopic (exact) mass is 258 g/mol. The Morgan fingerprint density at radius 1 is 1.06 bits per heavy atom. The SMILES string of the molecule is CCCN(CCN(C)C)CC(CC)(CC)C(=O)O. The van der Waals surface area contributed by atoms with Crippen molar-refractivity contribution in [1.29, 1.82) is 0 Å². The molecule has 0 fully saturated rings. The van der Waals surface area contributed by atoms with Crippen LogP contribution in [0.2, 0.25) is 0 Å². The minimum atomic E-state index is -0.654. The Hall–Kier alpha value is -0.610. The van der Waals surface area contributed by atoms with E-state index in [0.717, 1.165) is 26.1 Å². The number of hydrogen-bond donors (Lipinski definition) is 1. The predicted octanol–water partition coefficient (Wildman–Crippen LogP) is 2.15. The Morgan fingerprint density at radius 2 is 1.61 bits per heavy atom. The van der Waals surface area contributed by atoms with Crippen LogP contribution in [-0.2, 0) is 4.79 Å². The van der Waals surface area contributed by atoms with Crippen molar-refractivity contribution in [1.82, 2.24) is 9.80 Å². The molecule has 0 aromatic carbocycles. The second kappa shape index (κ2) is 8.48. The third kappa shape index (κ3) is 5.36. The molecule has 0 spiro atoms. The van der Waals surface area contributed by atoms with Gasteiger partial charge >= 0.3 is 5.97 Å². The minimum absolute atomic E-state index is 0.582. The Kier molecular flexibility index (Phi) is 8.20. The molecule has 0 atom stereocenters. The van der Waals surface area contributed by atoms with Crippen LogP contribution in [0.25, 0.3) is 0 Å². The lowest BCUT2D eigenvalue weighted by molar-refractivity contribution is -0.150. The lowest BCUT2D eigenvalue weighted by Gasteiger charge is -2.34. The standard InChI is InChI=1S/C14H30N2O2/c1-6-9-16(11-10-15(4)5)12-14(7-2,8-3)13(17)18/h6-12H2,1-5H3,(H,17,18). The summed E-state index contributed by atoms with van der Waals surface area (Å²) in [7, 11) is 4.10. The predicted molar refractivity (Wildman–Crippen MR) is 75.9 cm³/mol. The zero-order valence-corrected chi connectivity index (χ0v) is 12.7. The first-order chi connectivity index (χ1) is 8.41. The van der Waals surface area contributed by atoms with Gasteiger partial charge in [0, 0.05) is 19.6 Å². The molecule has 4 nitrogen and oxygen atoms in total. The van der Waals surface area contributed by atoms with Gasteiger partial charge in [0.25, 0.3) is 0 Å². The van der Waals surface area contributed by atoms with Gasteiger partial charge in [-0.2, -0.15) is 0 Å². The van der Waals surface area contributed by atoms with E-state index in [2.05, 4.69) is 16.7 Å². The highest BCUT2D eigenvalue weighted by molar-refractivity contribution is 5.74. The number of likely N-dealkylation sites (N-methyl/N-ethyl adjacent to an activating group) is 1. The molecule has 18 heavy (non-hydrogen) atoms. The third-order valence-corrected chi connectivity index (χ3v) is 3.74. The number of carbonyl (C=O) groups is 1. The first-order valence-corrected chi connectivity index (χ1v) is 7.02. The van der Waals surface area contributed by atoms with Crippen LogP contribution in [0.5, 0.6) is 0 Å². The molecule has 108 valence electrons. The molecule has 0 radical (unpaired) electrons. The summed E-state index contributed by atoms with van der Waals surface area (Å²) >= 11 is 0. The summed E-state index contributed by atoms with van der Waals surface area (Å²) in [5, 5.41) is 9.48. The molecular formula is C14H30N2O2. The van der Waals surface area contributed by atoms with Crippen LogP contribution < -0.4 is 0 Å². The van der Waals surface area contributed by atoms with Crippen molar-refractivity contribution in [2.24, 2.45) is 5.41 Å². The summed E-state index contributed by atoms with van der Waals surface area (Å²) in [5.74, 6) is -0.654. The molecule has 0 aromatic heterocycles. The average Bonchev–Trinajstić information content (AvgIpc) is 2.32. The zero-order chi connectivity index (χ0) is 14.2. The fourth-order valence-corrected chi connectivity index (χ4v) is 2.20. The second-order valence-corrected chi connectivity index (χ2v) is 5.37. The Morgan fingerprint density at radius 3 is 1.94 bits per heavy atom. The molecule has 0 amide bonds. The Bertz CT molecular complexity index is 238. The van der Waals surface area contributed by atoms with E-state index in [-0.39, 0.29) is 0 Å². The van der Waals surface area contributed by atoms with Crippen molar-refractivity contribution in [2.75, 3.05) is 40.3 Å². The van der Waals surface area contributed by atoms with Gasteiger partial charge in [0.1, 0.15) is 0 Å². The smallest absolute Gasteiger partial charge is 0.310 e. The van der Waals surface area contributed by atoms with Crippen molar-refractivity contribution in [3.05, 3.63) is 0 Å². The van der Waals surface area contributed by atoms with Crippen LogP contribution in [-0.4, -0.2) is 61.2 Å². The summed E-state index contributed by atoms with van der Waals surface area (Å²) < 4.78 is 0. The molecule has 1 N–H and O–H groups in total. The number of rotatable bonds is 10. The molecule has 0 aromatic rings. The van der Waals surface area contributed by atoms with Gasteiger partial charge in [0.15, 0.2) is 0 Å². The van der Waals surface area contributed by atoms with E-state index in [9.17, 15) is 9.90 Å². The number of nitrogens with zero attached hydrogens (tertiary/aromatic N) is 2. The molecule has 0 bridgehead atoms. The van der Waals surface area contributed by atoms with Gasteiger partial charge in [-0.3, -0.25) is 4.79 Å². The fourth-order valence-electron chi connectivity index (χ4n) is 2.20. The van der Waals surface area contributed by atoms with Gasteiger partial charge in [0.2, 0.25) is 0 Å². The van der Waals surface area contributed by atoms with E-state index in [1.54, 1.807) is 0 Å². The Labute approximate surface area is 112 Å². The van der Waals surface area contributed by atoms with Crippen LogP contribution in [0.1, 0.15) is 40.0 Å². The maximum atomic E-state index is 11.5. The molecule has 0 rings (SSSR count). The maximum absolute atomic E-state index is 11.5. The summed E-state index contributed by atoms with van der Waals surface area (Å²) in [6.45, 7) is 9.66. The van der Waals surface area contributed by atoms with Crippen molar-refractivity contribution in [2.45, 2.75) is 40.0 Å². The van der Waals surface area contributed by atoms with Crippen molar-refractivity contribution in [3.8, 4) is 0 Å². The molecule has 0 saturated carbocycles. The lowest BCUT2D eigenvalue weighted by Crippen LogP contribution is -2.44. The molecular weight excluding hydrogens is 228 g/mol. The van der Waals surface area contributed by atoms with E-state index in [0.29, 0.717) is 19.4 Å². The lowest BCUT2D eigenvalue weighted by atomic mass is 9.82. The van der Waals surface area contributed by atoms with E-state index in [1.807, 2.05) is 27.9 Å². The van der Waals surface area contributed by atoms with Crippen molar-refractivity contribution >= 4 is 5.97 Å². The van der Waals surface area contributed by atoms with E-state index < -0.39 is 11.4 Å². The van der Waals surface area contributed by atoms with E-state index in [4.69, 9.17) is 0 Å². The molecule has 0 unspecified atom stereocenters. The molecule has 0 heterocycles. The zero-order valence-electron chi connectivity index (χ0n) is 12.7. The number of aliphatic carboxylic acids is 1. The highest BCUT2D eigenvalue weighted by Crippen LogP contribution is 2.28. The number of hydrogen-bond acceptors (Lipinski definition) is 3. The first kappa shape index (κ1) is 17.4. The average molecular weight is 258 g/mol. The second-order valence-electron chi connectivity index (χ2n) is 5.37. The molecule has 4 heteroatoms. The highest BCUT2D eigenvalue weighted by Gasteiger charge is 2.36. The number of carboxylic acid groups (broad SMARTS) is 1. The van der Waals surface area contributed by atoms with Crippen LogP contribution in [0.15, 0.2) is 0 Å². The minimum Gasteiger partial charge on any atom is -0.481 e. The summed E-state index contributed by atoms with van der Waals surface area (Å²) in [6, 6.07) is 0. The van der Waals surface area contributed by atoms with E-state index in [1.165, 1.54) is 0 Å². The fraction of sp³-hybridized carbons (Fsp3) is 0.929. The molecule has 0 aliphatic heterocycles. The maximum Gasteiger partial charge on any atom is 0.310 e. The topological polar surface area (TPSA) is 43.8 Å². The summed E-state index contributed by atoms with van der Waals surface area (Å²) in [6.07, 6.45) is 2.46. The van der Waals surface area contributed by atoms with Gasteiger partial charge in [-0.15, -0.1) is 0 Å². The molecule has 0 aliphatic rings. The van der Waals surface area contributed by atoms with E-state index >= 15 is 0 Å². The van der Waals surface area contributed by atoms with Gasteiger partial charge < -0.3 is 14.9 Å². The summed E-state index contributed by atoms with van der Waals surface area (Å²) in [4.78, 5) is 16.0. The van der Waals surface area contributed by atoms with Crippen LogP contribution in [0.3, 0.4) is 0 Å². The van der Waals surface area contributed by atoms with Crippen molar-refractivity contribution in [3.63, 3.8) is 0 Å². The van der Waals surface area contributed by atoms with Gasteiger partial charge in [0.05, 0.1) is 5.41 Å². The third-order valence-electron chi connectivity index (χ3n) is 3.74. The Balaban J connectivity index is 4.65. The van der Waals surface area contributed by atoms with Gasteiger partial charge in [-0.25, -0.2) is 0 Å². The van der Waals surface area contributed by atoms with Gasteiger partial charge in [-0.1, -0.05) is 20.8 Å². The van der Waals surface area contributed by atoms with Crippen LogP contribution in [0, 0.1) is 5.41 Å². The normalized spacial score (nSPS) is 12.4. The van der Waals surface area contributed by atoms with Crippen LogP contribution >= 0.6 is 0 Å². The van der Waals surface area contributed by atoms with Gasteiger partial charge in [-0.05, 0) is 39.9 Å². The molecule has 0 aliphatic carbocycles. The quantitative estimate of drug-likeness (QED) is 0.652. The highest BCUT2D eigenvalue weighted by atomic mass is 16.4. The van der Waals surface area contributed by atoms with Crippen molar-refractivity contribution < 1.29 is 9.90 Å². The largest absolute Gasteiger partial charge is 0.481 e. The summed E-state index contributed by atoms with van der Waals surface area (Å²) in [5.41, 5.74) is -0.582.